The molecule has 2 saturated heterocycles. The summed E-state index contributed by atoms with van der Waals surface area (Å²) in [6.45, 7) is 16.9. The number of nitrogens with one attached hydrogen (secondary N) is 1. The minimum atomic E-state index is 0.496. The summed E-state index contributed by atoms with van der Waals surface area (Å²) in [5, 5.41) is 3.57. The third-order valence-corrected chi connectivity index (χ3v) is 5.13. The van der Waals surface area contributed by atoms with E-state index < -0.39 is 0 Å². The van der Waals surface area contributed by atoms with Crippen LogP contribution in [-0.4, -0.2) is 37.1 Å². The second-order valence-electron chi connectivity index (χ2n) is 6.61. The van der Waals surface area contributed by atoms with Crippen molar-refractivity contribution in [2.45, 2.75) is 40.7 Å². The Bertz CT molecular complexity index is 233. The molecule has 0 radical (unpaired) electrons. The number of fused-ring (bicyclic) bond motifs is 1. The summed E-state index contributed by atoms with van der Waals surface area (Å²) in [6, 6.07) is 0.726. The van der Waals surface area contributed by atoms with Gasteiger partial charge in [0.1, 0.15) is 0 Å². The van der Waals surface area contributed by atoms with Crippen molar-refractivity contribution >= 4 is 0 Å². The van der Waals surface area contributed by atoms with Crippen LogP contribution in [0.1, 0.15) is 34.6 Å². The fourth-order valence-electron chi connectivity index (χ4n) is 3.20. The summed E-state index contributed by atoms with van der Waals surface area (Å²) in [6.07, 6.45) is 0. The van der Waals surface area contributed by atoms with Gasteiger partial charge in [0.15, 0.2) is 0 Å². The Kier molecular flexibility index (Phi) is 2.63. The molecule has 2 nitrogen and oxygen atoms in total. The largest absolute Gasteiger partial charge is 0.316 e. The van der Waals surface area contributed by atoms with Gasteiger partial charge in [0, 0.05) is 43.1 Å². The Morgan fingerprint density at radius 1 is 1.00 bits per heavy atom. The van der Waals surface area contributed by atoms with Gasteiger partial charge >= 0.3 is 0 Å². The van der Waals surface area contributed by atoms with E-state index in [-0.39, 0.29) is 0 Å². The van der Waals surface area contributed by atoms with Gasteiger partial charge in [-0.2, -0.15) is 0 Å². The predicted molar refractivity (Wildman–Crippen MR) is 65.0 cm³/mol. The minimum Gasteiger partial charge on any atom is -0.316 e. The maximum absolute atomic E-state index is 3.57. The highest BCUT2D eigenvalue weighted by atomic mass is 15.2. The maximum atomic E-state index is 3.57. The van der Waals surface area contributed by atoms with Crippen molar-refractivity contribution in [1.82, 2.24) is 10.2 Å². The van der Waals surface area contributed by atoms with Gasteiger partial charge in [-0.3, -0.25) is 4.90 Å². The Morgan fingerprint density at radius 3 is 1.87 bits per heavy atom. The van der Waals surface area contributed by atoms with Gasteiger partial charge in [-0.15, -0.1) is 0 Å². The Balaban J connectivity index is 2.12. The molecule has 0 saturated carbocycles. The highest BCUT2D eigenvalue weighted by Crippen LogP contribution is 2.49. The monoisotopic (exact) mass is 210 g/mol. The van der Waals surface area contributed by atoms with E-state index >= 15 is 0 Å². The van der Waals surface area contributed by atoms with Gasteiger partial charge < -0.3 is 5.32 Å². The van der Waals surface area contributed by atoms with Crippen molar-refractivity contribution in [3.63, 3.8) is 0 Å². The van der Waals surface area contributed by atoms with Gasteiger partial charge in [-0.25, -0.2) is 0 Å². The third-order valence-electron chi connectivity index (χ3n) is 5.13. The number of hydrogen-bond acceptors (Lipinski definition) is 2. The number of rotatable bonds is 2. The first-order valence-corrected chi connectivity index (χ1v) is 6.33. The van der Waals surface area contributed by atoms with Crippen LogP contribution < -0.4 is 5.32 Å². The van der Waals surface area contributed by atoms with E-state index in [1.807, 2.05) is 0 Å². The van der Waals surface area contributed by atoms with E-state index in [0.29, 0.717) is 10.8 Å². The van der Waals surface area contributed by atoms with Gasteiger partial charge in [-0.1, -0.05) is 27.7 Å². The summed E-state index contributed by atoms with van der Waals surface area (Å²) < 4.78 is 0. The summed E-state index contributed by atoms with van der Waals surface area (Å²) in [5.41, 5.74) is 0.992. The van der Waals surface area contributed by atoms with Crippen molar-refractivity contribution in [3.05, 3.63) is 0 Å². The molecule has 2 heterocycles. The van der Waals surface area contributed by atoms with Gasteiger partial charge in [-0.05, 0) is 12.8 Å². The molecular formula is C13H26N2. The smallest absolute Gasteiger partial charge is 0.00904 e. The molecule has 0 aromatic carbocycles. The van der Waals surface area contributed by atoms with Gasteiger partial charge in [0.2, 0.25) is 0 Å². The lowest BCUT2D eigenvalue weighted by Crippen LogP contribution is -2.38. The lowest BCUT2D eigenvalue weighted by Gasteiger charge is -2.31. The summed E-state index contributed by atoms with van der Waals surface area (Å²) >= 11 is 0. The predicted octanol–water partition coefficient (Wildman–Crippen LogP) is 1.96. The Morgan fingerprint density at radius 2 is 1.47 bits per heavy atom. The van der Waals surface area contributed by atoms with E-state index in [4.69, 9.17) is 0 Å². The average Bonchev–Trinajstić information content (AvgIpc) is 2.52. The topological polar surface area (TPSA) is 15.3 Å². The van der Waals surface area contributed by atoms with Crippen LogP contribution in [0.5, 0.6) is 0 Å². The first kappa shape index (κ1) is 11.4. The summed E-state index contributed by atoms with van der Waals surface area (Å²) in [4.78, 5) is 2.70. The molecule has 2 aliphatic rings. The first-order valence-electron chi connectivity index (χ1n) is 6.33. The molecule has 0 spiro atoms. The van der Waals surface area contributed by atoms with E-state index in [0.717, 1.165) is 12.0 Å². The number of likely N-dealkylation sites (tertiary alicyclic amines) is 1. The summed E-state index contributed by atoms with van der Waals surface area (Å²) in [5.74, 6) is 0.768. The molecule has 3 atom stereocenters. The van der Waals surface area contributed by atoms with Crippen molar-refractivity contribution in [1.29, 1.82) is 0 Å². The SMILES string of the molecule is CC(C)[C@@H](C)N1C[C@]2(C)CNC[C@]2(C)C1. The molecule has 0 aliphatic carbocycles. The van der Waals surface area contributed by atoms with Crippen molar-refractivity contribution in [3.8, 4) is 0 Å². The highest BCUT2D eigenvalue weighted by molar-refractivity contribution is 5.09. The normalized spacial score (nSPS) is 43.6. The van der Waals surface area contributed by atoms with E-state index in [2.05, 4.69) is 44.8 Å². The average molecular weight is 210 g/mol. The fraction of sp³-hybridized carbons (Fsp3) is 1.00. The quantitative estimate of drug-likeness (QED) is 0.749. The van der Waals surface area contributed by atoms with Crippen LogP contribution in [0.15, 0.2) is 0 Å². The second kappa shape index (κ2) is 3.46. The zero-order chi connectivity index (χ0) is 11.3. The zero-order valence-corrected chi connectivity index (χ0v) is 10.9. The van der Waals surface area contributed by atoms with Crippen LogP contribution in [0, 0.1) is 16.7 Å². The second-order valence-corrected chi connectivity index (χ2v) is 6.61. The number of nitrogens with zero attached hydrogens (tertiary/aromatic N) is 1. The molecule has 0 unspecified atom stereocenters. The Hall–Kier alpha value is -0.0800. The van der Waals surface area contributed by atoms with Crippen LogP contribution in [0.25, 0.3) is 0 Å². The Labute approximate surface area is 94.4 Å². The lowest BCUT2D eigenvalue weighted by atomic mass is 9.71. The maximum Gasteiger partial charge on any atom is 0.00904 e. The zero-order valence-electron chi connectivity index (χ0n) is 10.9. The number of hydrogen-bond donors (Lipinski definition) is 1. The molecule has 2 aliphatic heterocycles. The van der Waals surface area contributed by atoms with Crippen molar-refractivity contribution in [2.75, 3.05) is 26.2 Å². The molecule has 0 bridgehead atoms. The van der Waals surface area contributed by atoms with E-state index in [9.17, 15) is 0 Å². The molecule has 2 heteroatoms. The lowest BCUT2D eigenvalue weighted by molar-refractivity contribution is 0.181. The van der Waals surface area contributed by atoms with Crippen molar-refractivity contribution < 1.29 is 0 Å². The van der Waals surface area contributed by atoms with Crippen LogP contribution >= 0.6 is 0 Å². The molecule has 15 heavy (non-hydrogen) atoms. The highest BCUT2D eigenvalue weighted by Gasteiger charge is 2.55. The minimum absolute atomic E-state index is 0.496. The standard InChI is InChI=1S/C13H26N2/c1-10(2)11(3)15-8-12(4)6-14-7-13(12,5)9-15/h10-11,14H,6-9H2,1-5H3/t11-,12-,13+/m1/s1. The van der Waals surface area contributed by atoms with Gasteiger partial charge in [0.25, 0.3) is 0 Å². The molecule has 1 N–H and O–H groups in total. The van der Waals surface area contributed by atoms with Crippen molar-refractivity contribution in [2.24, 2.45) is 16.7 Å². The molecule has 0 amide bonds. The molecule has 88 valence electrons. The van der Waals surface area contributed by atoms with Crippen LogP contribution in [-0.2, 0) is 0 Å². The van der Waals surface area contributed by atoms with Crippen LogP contribution in [0.3, 0.4) is 0 Å². The van der Waals surface area contributed by atoms with Crippen LogP contribution in [0.2, 0.25) is 0 Å². The summed E-state index contributed by atoms with van der Waals surface area (Å²) in [7, 11) is 0. The van der Waals surface area contributed by atoms with Gasteiger partial charge in [0.05, 0.1) is 0 Å². The fourth-order valence-corrected chi connectivity index (χ4v) is 3.20. The molecule has 0 aromatic heterocycles. The van der Waals surface area contributed by atoms with Crippen LogP contribution in [0.4, 0.5) is 0 Å². The molecule has 2 fully saturated rings. The molecule has 0 aromatic rings. The molecular weight excluding hydrogens is 184 g/mol. The van der Waals surface area contributed by atoms with E-state index in [1.165, 1.54) is 26.2 Å². The molecule has 2 rings (SSSR count). The first-order chi connectivity index (χ1) is 6.88. The van der Waals surface area contributed by atoms with E-state index in [1.54, 1.807) is 0 Å². The third kappa shape index (κ3) is 1.62.